The number of aryl methyl sites for hydroxylation is 2. The van der Waals surface area contributed by atoms with E-state index in [-0.39, 0.29) is 5.56 Å². The third-order valence-electron chi connectivity index (χ3n) is 4.53. The lowest BCUT2D eigenvalue weighted by atomic mass is 10.1. The number of fused-ring (bicyclic) bond motifs is 1. The number of thioether (sulfide) groups is 1. The molecule has 0 spiro atoms. The molecular weight excluding hydrogens is 384 g/mol. The number of aromatic amines is 1. The van der Waals surface area contributed by atoms with Crippen molar-refractivity contribution in [1.82, 2.24) is 19.1 Å². The Bertz CT molecular complexity index is 893. The molecule has 0 unspecified atom stereocenters. The maximum atomic E-state index is 12.4. The lowest BCUT2D eigenvalue weighted by Gasteiger charge is -2.08. The Morgan fingerprint density at radius 3 is 2.52 bits per heavy atom. The van der Waals surface area contributed by atoms with Crippen LogP contribution in [0.25, 0.3) is 11.2 Å². The lowest BCUT2D eigenvalue weighted by Crippen LogP contribution is -2.29. The Balaban J connectivity index is 2.20. The molecule has 0 aliphatic rings. The summed E-state index contributed by atoms with van der Waals surface area (Å²) < 4.78 is 3.34. The number of hydrogen-bond acceptors (Lipinski definition) is 4. The van der Waals surface area contributed by atoms with Gasteiger partial charge in [0.05, 0.1) is 0 Å². The van der Waals surface area contributed by atoms with Crippen LogP contribution in [0.1, 0.15) is 58.8 Å². The number of unbranched alkanes of at least 4 members (excludes halogenated alkanes) is 6. The SMILES string of the molecule is CCCCCCCCCn1c(SC/C=C(\C)Cl)nc2c1c(=O)[nH]c(=O)n2C. The normalized spacial score (nSPS) is 12.2. The topological polar surface area (TPSA) is 72.7 Å². The first-order valence-electron chi connectivity index (χ1n) is 9.60. The van der Waals surface area contributed by atoms with Gasteiger partial charge in [-0.2, -0.15) is 0 Å². The van der Waals surface area contributed by atoms with E-state index in [9.17, 15) is 9.59 Å². The number of nitrogens with one attached hydrogen (secondary N) is 1. The molecule has 8 heteroatoms. The van der Waals surface area contributed by atoms with Gasteiger partial charge in [0.15, 0.2) is 16.3 Å². The number of nitrogens with zero attached hydrogens (tertiary/aromatic N) is 3. The number of imidazole rings is 1. The van der Waals surface area contributed by atoms with E-state index in [1.165, 1.54) is 48.4 Å². The summed E-state index contributed by atoms with van der Waals surface area (Å²) in [5.41, 5.74) is 0.0820. The summed E-state index contributed by atoms with van der Waals surface area (Å²) in [6, 6.07) is 0. The minimum Gasteiger partial charge on any atom is -0.313 e. The van der Waals surface area contributed by atoms with Crippen LogP contribution in [-0.2, 0) is 13.6 Å². The molecule has 0 atom stereocenters. The summed E-state index contributed by atoms with van der Waals surface area (Å²) in [4.78, 5) is 31.2. The molecule has 0 radical (unpaired) electrons. The van der Waals surface area contributed by atoms with Gasteiger partial charge >= 0.3 is 5.69 Å². The number of rotatable bonds is 11. The van der Waals surface area contributed by atoms with Crippen molar-refractivity contribution < 1.29 is 0 Å². The third-order valence-corrected chi connectivity index (χ3v) is 5.59. The Kier molecular flexibility index (Phi) is 8.70. The second-order valence-corrected chi connectivity index (χ2v) is 8.34. The largest absolute Gasteiger partial charge is 0.329 e. The summed E-state index contributed by atoms with van der Waals surface area (Å²) in [5, 5.41) is 1.47. The van der Waals surface area contributed by atoms with Gasteiger partial charge in [0.25, 0.3) is 5.56 Å². The van der Waals surface area contributed by atoms with Gasteiger partial charge in [0.1, 0.15) is 0 Å². The van der Waals surface area contributed by atoms with E-state index in [0.29, 0.717) is 16.9 Å². The molecule has 0 aliphatic carbocycles. The van der Waals surface area contributed by atoms with E-state index in [0.717, 1.165) is 29.6 Å². The molecule has 2 aromatic rings. The van der Waals surface area contributed by atoms with Crippen molar-refractivity contribution in [2.75, 3.05) is 5.75 Å². The Hall–Kier alpha value is -1.47. The molecule has 2 rings (SSSR count). The first-order chi connectivity index (χ1) is 13.0. The van der Waals surface area contributed by atoms with Crippen LogP contribution in [0.5, 0.6) is 0 Å². The summed E-state index contributed by atoms with van der Waals surface area (Å²) in [6.07, 6.45) is 10.3. The van der Waals surface area contributed by atoms with Crippen molar-refractivity contribution >= 4 is 34.5 Å². The predicted molar refractivity (Wildman–Crippen MR) is 114 cm³/mol. The highest BCUT2D eigenvalue weighted by Gasteiger charge is 2.17. The first-order valence-corrected chi connectivity index (χ1v) is 11.0. The van der Waals surface area contributed by atoms with Crippen molar-refractivity contribution in [2.24, 2.45) is 7.05 Å². The van der Waals surface area contributed by atoms with Crippen LogP contribution in [0.2, 0.25) is 0 Å². The minimum absolute atomic E-state index is 0.375. The third kappa shape index (κ3) is 6.01. The van der Waals surface area contributed by atoms with Gasteiger partial charge in [0.2, 0.25) is 0 Å². The summed E-state index contributed by atoms with van der Waals surface area (Å²) in [5.74, 6) is 0.668. The molecule has 0 aliphatic heterocycles. The predicted octanol–water partition coefficient (Wildman–Crippen LogP) is 4.41. The van der Waals surface area contributed by atoms with Gasteiger partial charge in [-0.3, -0.25) is 14.3 Å². The second kappa shape index (κ2) is 10.8. The molecule has 0 aromatic carbocycles. The van der Waals surface area contributed by atoms with Crippen molar-refractivity contribution in [3.8, 4) is 0 Å². The average Bonchev–Trinajstić information content (AvgIpc) is 2.98. The Morgan fingerprint density at radius 2 is 1.85 bits per heavy atom. The highest BCUT2D eigenvalue weighted by molar-refractivity contribution is 7.99. The quantitative estimate of drug-likeness (QED) is 0.438. The standard InChI is InChI=1S/C19H29ClN4O2S/c1-4-5-6-7-8-9-10-12-24-15-16(23(3)18(26)22-17(15)25)21-19(24)27-13-11-14(2)20/h11H,4-10,12-13H2,1-3H3,(H,22,25,26)/b14-11+. The van der Waals surface area contributed by atoms with Crippen LogP contribution in [0.15, 0.2) is 25.9 Å². The number of hydrogen-bond donors (Lipinski definition) is 1. The van der Waals surface area contributed by atoms with Gasteiger partial charge < -0.3 is 4.57 Å². The molecule has 150 valence electrons. The van der Waals surface area contributed by atoms with Crippen LogP contribution < -0.4 is 11.2 Å². The van der Waals surface area contributed by atoms with Gasteiger partial charge in [-0.15, -0.1) is 0 Å². The summed E-state index contributed by atoms with van der Waals surface area (Å²) in [6.45, 7) is 4.77. The molecular formula is C19H29ClN4O2S. The van der Waals surface area contributed by atoms with Crippen LogP contribution in [0, 0.1) is 0 Å². The number of aromatic nitrogens is 4. The molecule has 1 N–H and O–H groups in total. The van der Waals surface area contributed by atoms with E-state index in [2.05, 4.69) is 16.9 Å². The smallest absolute Gasteiger partial charge is 0.313 e. The fourth-order valence-electron chi connectivity index (χ4n) is 2.99. The minimum atomic E-state index is -0.443. The van der Waals surface area contributed by atoms with Gasteiger partial charge in [-0.1, -0.05) is 74.9 Å². The molecule has 0 saturated heterocycles. The van der Waals surface area contributed by atoms with Crippen molar-refractivity contribution in [3.63, 3.8) is 0 Å². The lowest BCUT2D eigenvalue weighted by molar-refractivity contribution is 0.538. The monoisotopic (exact) mass is 412 g/mol. The van der Waals surface area contributed by atoms with Crippen LogP contribution in [-0.4, -0.2) is 24.9 Å². The second-order valence-electron chi connectivity index (χ2n) is 6.76. The molecule has 0 amide bonds. The molecule has 0 saturated carbocycles. The van der Waals surface area contributed by atoms with Crippen molar-refractivity contribution in [2.45, 2.75) is 70.5 Å². The molecule has 2 aromatic heterocycles. The number of allylic oxidation sites excluding steroid dienone is 1. The highest BCUT2D eigenvalue weighted by Crippen LogP contribution is 2.23. The van der Waals surface area contributed by atoms with Gasteiger partial charge in [-0.05, 0) is 13.3 Å². The maximum absolute atomic E-state index is 12.4. The summed E-state index contributed by atoms with van der Waals surface area (Å²) in [7, 11) is 1.63. The zero-order valence-electron chi connectivity index (χ0n) is 16.4. The summed E-state index contributed by atoms with van der Waals surface area (Å²) >= 11 is 7.43. The number of H-pyrrole nitrogens is 1. The first kappa shape index (κ1) is 21.8. The Morgan fingerprint density at radius 1 is 1.19 bits per heavy atom. The maximum Gasteiger partial charge on any atom is 0.329 e. The zero-order chi connectivity index (χ0) is 19.8. The highest BCUT2D eigenvalue weighted by atomic mass is 35.5. The van der Waals surface area contributed by atoms with Crippen molar-refractivity contribution in [3.05, 3.63) is 31.9 Å². The van der Waals surface area contributed by atoms with Gasteiger partial charge in [0, 0.05) is 24.4 Å². The van der Waals surface area contributed by atoms with E-state index in [4.69, 9.17) is 11.6 Å². The van der Waals surface area contributed by atoms with Crippen molar-refractivity contribution in [1.29, 1.82) is 0 Å². The molecule has 2 heterocycles. The zero-order valence-corrected chi connectivity index (χ0v) is 18.0. The molecule has 6 nitrogen and oxygen atoms in total. The van der Waals surface area contributed by atoms with E-state index in [1.807, 2.05) is 17.6 Å². The van der Waals surface area contributed by atoms with Crippen LogP contribution in [0.3, 0.4) is 0 Å². The molecule has 0 bridgehead atoms. The average molecular weight is 413 g/mol. The molecule has 0 fully saturated rings. The Labute approximate surface area is 169 Å². The fraction of sp³-hybridized carbons (Fsp3) is 0.632. The fourth-order valence-corrected chi connectivity index (χ4v) is 4.13. The number of halogens is 1. The molecule has 27 heavy (non-hydrogen) atoms. The van der Waals surface area contributed by atoms with Crippen LogP contribution in [0.4, 0.5) is 0 Å². The van der Waals surface area contributed by atoms with Gasteiger partial charge in [-0.25, -0.2) is 9.78 Å². The van der Waals surface area contributed by atoms with E-state index in [1.54, 1.807) is 7.05 Å². The van der Waals surface area contributed by atoms with E-state index >= 15 is 0 Å². The van der Waals surface area contributed by atoms with Crippen LogP contribution >= 0.6 is 23.4 Å². The van der Waals surface area contributed by atoms with E-state index < -0.39 is 5.69 Å².